The SMILES string of the molecule is O=C(N[C@@H](C(=O)N1CCN(CC2CCN(CC(=O)N3CCN(C(=O)c4cc(Cc5n[nH]c(=O)c6ccccc56)ccc4F)CC3)CC2)CC1)C1CCCCC1)c1cccc(C2CCCN(C(=O)CNCc3ccncn3)C2)c1. The second kappa shape index (κ2) is 25.7. The minimum Gasteiger partial charge on any atom is -0.341 e. The van der Waals surface area contributed by atoms with Crippen molar-refractivity contribution in [2.45, 2.75) is 82.7 Å². The van der Waals surface area contributed by atoms with Crippen LogP contribution in [0.15, 0.2) is 90.1 Å². The third-order valence-corrected chi connectivity index (χ3v) is 16.9. The van der Waals surface area contributed by atoms with E-state index < -0.39 is 17.8 Å². The molecule has 6 heterocycles. The van der Waals surface area contributed by atoms with E-state index in [0.717, 1.165) is 102 Å². The monoisotopic (exact) mass is 1060 g/mol. The molecule has 1 aliphatic carbocycles. The minimum absolute atomic E-state index is 0.0121. The van der Waals surface area contributed by atoms with Crippen LogP contribution in [0.4, 0.5) is 4.39 Å². The molecule has 10 rings (SSSR count). The molecule has 4 saturated heterocycles. The number of aromatic nitrogens is 4. The van der Waals surface area contributed by atoms with Crippen molar-refractivity contribution in [2.24, 2.45) is 11.8 Å². The average molecular weight is 1070 g/mol. The van der Waals surface area contributed by atoms with Crippen LogP contribution >= 0.6 is 0 Å². The van der Waals surface area contributed by atoms with Gasteiger partial charge < -0.3 is 30.2 Å². The number of carbonyl (C=O) groups is 5. The molecule has 5 aromatic rings. The van der Waals surface area contributed by atoms with Crippen LogP contribution in [0.3, 0.4) is 0 Å². The van der Waals surface area contributed by atoms with Crippen LogP contribution in [-0.2, 0) is 27.3 Å². The number of carbonyl (C=O) groups excluding carboxylic acids is 5. The van der Waals surface area contributed by atoms with Crippen molar-refractivity contribution >= 4 is 40.3 Å². The molecule has 2 aromatic heterocycles. The summed E-state index contributed by atoms with van der Waals surface area (Å²) in [4.78, 5) is 101. The van der Waals surface area contributed by atoms with E-state index in [9.17, 15) is 28.8 Å². The van der Waals surface area contributed by atoms with E-state index in [1.165, 1.54) is 12.4 Å². The maximum absolute atomic E-state index is 15.1. The number of amides is 5. The highest BCUT2D eigenvalue weighted by atomic mass is 19.1. The standard InChI is InChI=1S/C59H73FN12O6/c60-51-16-15-42(33-52-48-13-4-5-14-49(48)57(76)66-65-52)32-50(51)58(77)70-30-28-69(29-31-70)54(74)39-67-22-18-41(19-23-67)37-68-24-26-71(27-25-68)59(78)55(43-8-2-1-3-9-43)64-56(75)45-11-6-10-44(34-45)46-12-7-21-72(38-46)53(73)36-62-35-47-17-20-61-40-63-47/h4-6,10-11,13-17,20,32,34,40-41,43,46,55,62H,1-3,7-9,12,18-19,21-31,33,35-39H2,(H,64,75)(H,66,76)/t46?,55-/m1/s1. The van der Waals surface area contributed by atoms with Crippen LogP contribution < -0.4 is 16.2 Å². The predicted octanol–water partition coefficient (Wildman–Crippen LogP) is 4.46. The lowest BCUT2D eigenvalue weighted by atomic mass is 9.83. The van der Waals surface area contributed by atoms with Crippen molar-refractivity contribution in [3.8, 4) is 0 Å². The zero-order chi connectivity index (χ0) is 54.0. The summed E-state index contributed by atoms with van der Waals surface area (Å²) in [5.74, 6) is -0.484. The first kappa shape index (κ1) is 54.4. The lowest BCUT2D eigenvalue weighted by Gasteiger charge is -2.41. The van der Waals surface area contributed by atoms with Gasteiger partial charge in [0.1, 0.15) is 18.2 Å². The van der Waals surface area contributed by atoms with Crippen molar-refractivity contribution in [2.75, 3.05) is 98.2 Å². The molecule has 4 aliphatic heterocycles. The Labute approximate surface area is 455 Å². The van der Waals surface area contributed by atoms with E-state index in [1.807, 2.05) is 52.3 Å². The molecular formula is C59H73FN12O6. The number of hydrogen-bond acceptors (Lipinski definition) is 12. The average Bonchev–Trinajstić information content (AvgIpc) is 3.50. The summed E-state index contributed by atoms with van der Waals surface area (Å²) in [6.45, 7) is 9.05. The Morgan fingerprint density at radius 3 is 2.23 bits per heavy atom. The normalized spacial score (nSPS) is 19.7. The van der Waals surface area contributed by atoms with Crippen LogP contribution in [0.2, 0.25) is 0 Å². The number of piperidine rings is 2. The molecule has 18 nitrogen and oxygen atoms in total. The van der Waals surface area contributed by atoms with Gasteiger partial charge in [0, 0.05) is 108 Å². The van der Waals surface area contributed by atoms with Gasteiger partial charge in [0.05, 0.1) is 35.4 Å². The topological polar surface area (TPSA) is 200 Å². The molecule has 412 valence electrons. The molecule has 78 heavy (non-hydrogen) atoms. The zero-order valence-electron chi connectivity index (χ0n) is 44.6. The number of rotatable bonds is 16. The quantitative estimate of drug-likeness (QED) is 0.126. The molecule has 1 saturated carbocycles. The van der Waals surface area contributed by atoms with Gasteiger partial charge in [0.15, 0.2) is 0 Å². The first-order chi connectivity index (χ1) is 38.0. The van der Waals surface area contributed by atoms with Crippen molar-refractivity contribution in [3.05, 3.63) is 135 Å². The van der Waals surface area contributed by atoms with Crippen molar-refractivity contribution in [1.82, 2.24) is 60.2 Å². The Kier molecular flexibility index (Phi) is 17.9. The summed E-state index contributed by atoms with van der Waals surface area (Å²) >= 11 is 0. The smallest absolute Gasteiger partial charge is 0.272 e. The number of piperazine rings is 2. The fourth-order valence-electron chi connectivity index (χ4n) is 12.3. The second-order valence-electron chi connectivity index (χ2n) is 22.0. The number of H-pyrrole nitrogens is 1. The number of nitrogens with zero attached hydrogens (tertiary/aromatic N) is 9. The van der Waals surface area contributed by atoms with Crippen molar-refractivity contribution < 1.29 is 28.4 Å². The van der Waals surface area contributed by atoms with E-state index in [1.54, 1.807) is 40.3 Å². The predicted molar refractivity (Wildman–Crippen MR) is 293 cm³/mol. The van der Waals surface area contributed by atoms with Gasteiger partial charge in [-0.05, 0) is 111 Å². The summed E-state index contributed by atoms with van der Waals surface area (Å²) in [5, 5.41) is 14.4. The summed E-state index contributed by atoms with van der Waals surface area (Å²) in [6.07, 6.45) is 12.3. The van der Waals surface area contributed by atoms with E-state index in [4.69, 9.17) is 0 Å². The van der Waals surface area contributed by atoms with Crippen LogP contribution in [-0.4, -0.2) is 183 Å². The zero-order valence-corrected chi connectivity index (χ0v) is 44.6. The minimum atomic E-state index is -0.608. The molecule has 1 unspecified atom stereocenters. The number of hydrogen-bond donors (Lipinski definition) is 3. The molecule has 0 radical (unpaired) electrons. The maximum atomic E-state index is 15.1. The number of nitrogens with one attached hydrogen (secondary N) is 3. The van der Waals surface area contributed by atoms with Crippen LogP contribution in [0.1, 0.15) is 107 Å². The maximum Gasteiger partial charge on any atom is 0.272 e. The van der Waals surface area contributed by atoms with Gasteiger partial charge >= 0.3 is 0 Å². The van der Waals surface area contributed by atoms with Gasteiger partial charge in [-0.1, -0.05) is 55.7 Å². The summed E-state index contributed by atoms with van der Waals surface area (Å²) in [5.41, 5.74) is 3.40. The van der Waals surface area contributed by atoms with E-state index in [0.29, 0.717) is 105 Å². The molecule has 3 N–H and O–H groups in total. The molecule has 2 atom stereocenters. The summed E-state index contributed by atoms with van der Waals surface area (Å²) in [6, 6.07) is 20.6. The fourth-order valence-corrected chi connectivity index (χ4v) is 12.3. The Morgan fingerprint density at radius 1 is 0.705 bits per heavy atom. The first-order valence-corrected chi connectivity index (χ1v) is 28.2. The highest BCUT2D eigenvalue weighted by Gasteiger charge is 2.37. The van der Waals surface area contributed by atoms with Crippen LogP contribution in [0.5, 0.6) is 0 Å². The molecule has 5 amide bonds. The lowest BCUT2D eigenvalue weighted by Crippen LogP contribution is -2.57. The largest absolute Gasteiger partial charge is 0.341 e. The third kappa shape index (κ3) is 13.5. The Morgan fingerprint density at radius 2 is 1.46 bits per heavy atom. The van der Waals surface area contributed by atoms with E-state index in [2.05, 4.69) is 40.6 Å². The van der Waals surface area contributed by atoms with Gasteiger partial charge in [-0.2, -0.15) is 5.10 Å². The molecule has 0 bridgehead atoms. The van der Waals surface area contributed by atoms with Gasteiger partial charge in [0.2, 0.25) is 17.7 Å². The molecule has 0 spiro atoms. The molecular weight excluding hydrogens is 992 g/mol. The number of halogens is 1. The second-order valence-corrected chi connectivity index (χ2v) is 22.0. The number of benzene rings is 3. The van der Waals surface area contributed by atoms with Crippen LogP contribution in [0.25, 0.3) is 10.8 Å². The highest BCUT2D eigenvalue weighted by Crippen LogP contribution is 2.31. The molecule has 5 aliphatic rings. The number of fused-ring (bicyclic) bond motifs is 1. The summed E-state index contributed by atoms with van der Waals surface area (Å²) < 4.78 is 15.1. The van der Waals surface area contributed by atoms with Crippen LogP contribution in [0, 0.1) is 17.7 Å². The van der Waals surface area contributed by atoms with Gasteiger partial charge in [-0.15, -0.1) is 0 Å². The molecule has 5 fully saturated rings. The lowest BCUT2D eigenvalue weighted by molar-refractivity contribution is -0.137. The Balaban J connectivity index is 0.651. The third-order valence-electron chi connectivity index (χ3n) is 16.9. The van der Waals surface area contributed by atoms with Gasteiger partial charge in [-0.3, -0.25) is 38.6 Å². The van der Waals surface area contributed by atoms with Gasteiger partial charge in [-0.25, -0.2) is 19.5 Å². The molecule has 19 heteroatoms. The van der Waals surface area contributed by atoms with E-state index >= 15 is 4.39 Å². The van der Waals surface area contributed by atoms with Crippen molar-refractivity contribution in [1.29, 1.82) is 0 Å². The van der Waals surface area contributed by atoms with Gasteiger partial charge in [0.25, 0.3) is 17.4 Å². The fraction of sp³-hybridized carbons (Fsp3) is 0.508. The Hall–Kier alpha value is -6.96. The van der Waals surface area contributed by atoms with Crippen molar-refractivity contribution in [3.63, 3.8) is 0 Å². The van der Waals surface area contributed by atoms with E-state index in [-0.39, 0.29) is 53.1 Å². The summed E-state index contributed by atoms with van der Waals surface area (Å²) in [7, 11) is 0. The Bertz CT molecular complexity index is 2970. The number of likely N-dealkylation sites (tertiary alicyclic amines) is 2. The highest BCUT2D eigenvalue weighted by molar-refractivity contribution is 5.98. The molecule has 3 aromatic carbocycles. The number of aromatic amines is 1. The first-order valence-electron chi connectivity index (χ1n) is 28.2.